The zero-order valence-electron chi connectivity index (χ0n) is 15.4. The molecule has 1 saturated carbocycles. The summed E-state index contributed by atoms with van der Waals surface area (Å²) < 4.78 is 0. The third-order valence-corrected chi connectivity index (χ3v) is 6.36. The molecule has 0 saturated heterocycles. The van der Waals surface area contributed by atoms with Gasteiger partial charge in [-0.3, -0.25) is 0 Å². The first kappa shape index (κ1) is 19.9. The number of benzene rings is 2. The minimum Gasteiger partial charge on any atom is -0.508 e. The van der Waals surface area contributed by atoms with Crippen LogP contribution >= 0.6 is 0 Å². The van der Waals surface area contributed by atoms with Gasteiger partial charge in [0, 0.05) is 18.6 Å². The first-order valence-corrected chi connectivity index (χ1v) is 8.95. The number of aromatic hydroxyl groups is 2. The minimum atomic E-state index is 0. The summed E-state index contributed by atoms with van der Waals surface area (Å²) in [5.41, 5.74) is 3.03. The van der Waals surface area contributed by atoms with Gasteiger partial charge in [-0.2, -0.15) is 0 Å². The molecule has 1 radical (unpaired) electrons. The number of rotatable bonds is 3. The van der Waals surface area contributed by atoms with Gasteiger partial charge in [-0.15, -0.1) is 0 Å². The van der Waals surface area contributed by atoms with Crippen molar-refractivity contribution in [3.63, 3.8) is 0 Å². The summed E-state index contributed by atoms with van der Waals surface area (Å²) in [6.07, 6.45) is 4.56. The maximum atomic E-state index is 9.61. The molecule has 1 fully saturated rings. The number of hydrogen-bond donors (Lipinski definition) is 2. The molecular weight excluding hydrogens is 347 g/mol. The van der Waals surface area contributed by atoms with Crippen molar-refractivity contribution in [3.05, 3.63) is 59.7 Å². The zero-order chi connectivity index (χ0) is 17.4. The Morgan fingerprint density at radius 1 is 0.720 bits per heavy atom. The average molecular weight is 375 g/mol. The molecule has 0 aromatic heterocycles. The van der Waals surface area contributed by atoms with Crippen molar-refractivity contribution in [1.82, 2.24) is 0 Å². The second-order valence-electron chi connectivity index (χ2n) is 7.97. The molecule has 25 heavy (non-hydrogen) atoms. The van der Waals surface area contributed by atoms with Gasteiger partial charge < -0.3 is 10.2 Å². The Bertz CT molecular complexity index is 681. The van der Waals surface area contributed by atoms with E-state index in [2.05, 4.69) is 45.0 Å². The second-order valence-corrected chi connectivity index (χ2v) is 7.97. The molecule has 2 N–H and O–H groups in total. The largest absolute Gasteiger partial charge is 0.508 e. The van der Waals surface area contributed by atoms with Gasteiger partial charge in [0.15, 0.2) is 0 Å². The third-order valence-electron chi connectivity index (χ3n) is 6.36. The number of phenols is 2. The molecular formula is C22H28O2V. The Balaban J connectivity index is 0.00000225. The molecule has 0 amide bonds. The van der Waals surface area contributed by atoms with Crippen molar-refractivity contribution in [2.45, 2.75) is 57.3 Å². The smallest absolute Gasteiger partial charge is 0.115 e. The fourth-order valence-electron chi connectivity index (χ4n) is 4.39. The SMILES string of the molecule is CC(C)C1(c2ccc(O)cc2)CCC(C)(c2ccc(O)cc2)CC1.[V]. The van der Waals surface area contributed by atoms with Crippen molar-refractivity contribution in [2.75, 3.05) is 0 Å². The van der Waals surface area contributed by atoms with Crippen LogP contribution in [-0.2, 0) is 29.4 Å². The molecule has 2 aromatic rings. The van der Waals surface area contributed by atoms with E-state index < -0.39 is 0 Å². The summed E-state index contributed by atoms with van der Waals surface area (Å²) in [4.78, 5) is 0. The summed E-state index contributed by atoms with van der Waals surface area (Å²) in [6, 6.07) is 15.5. The van der Waals surface area contributed by atoms with Crippen LogP contribution in [0.1, 0.15) is 57.6 Å². The van der Waals surface area contributed by atoms with Crippen LogP contribution in [-0.4, -0.2) is 10.2 Å². The van der Waals surface area contributed by atoms with Gasteiger partial charge >= 0.3 is 0 Å². The molecule has 2 aromatic carbocycles. The molecule has 1 aliphatic carbocycles. The van der Waals surface area contributed by atoms with Gasteiger partial charge in [0.05, 0.1) is 0 Å². The first-order valence-electron chi connectivity index (χ1n) is 8.95. The normalized spacial score (nSPS) is 26.2. The summed E-state index contributed by atoms with van der Waals surface area (Å²) in [7, 11) is 0. The van der Waals surface area contributed by atoms with Crippen molar-refractivity contribution in [1.29, 1.82) is 0 Å². The molecule has 3 rings (SSSR count). The van der Waals surface area contributed by atoms with Crippen molar-refractivity contribution >= 4 is 0 Å². The van der Waals surface area contributed by atoms with E-state index in [-0.39, 0.29) is 29.4 Å². The van der Waals surface area contributed by atoms with Crippen LogP contribution in [0.4, 0.5) is 0 Å². The molecule has 0 atom stereocenters. The topological polar surface area (TPSA) is 40.5 Å². The maximum Gasteiger partial charge on any atom is 0.115 e. The molecule has 2 nitrogen and oxygen atoms in total. The van der Waals surface area contributed by atoms with Gasteiger partial charge in [-0.25, -0.2) is 0 Å². The summed E-state index contributed by atoms with van der Waals surface area (Å²) >= 11 is 0. The third kappa shape index (κ3) is 3.76. The maximum absolute atomic E-state index is 9.61. The van der Waals surface area contributed by atoms with E-state index in [9.17, 15) is 10.2 Å². The van der Waals surface area contributed by atoms with E-state index in [1.807, 2.05) is 12.1 Å². The average Bonchev–Trinajstić information content (AvgIpc) is 2.57. The Kier molecular flexibility index (Phi) is 5.96. The molecule has 0 unspecified atom stereocenters. The predicted octanol–water partition coefficient (Wildman–Crippen LogP) is 5.52. The Labute approximate surface area is 163 Å². The van der Waals surface area contributed by atoms with E-state index in [4.69, 9.17) is 0 Å². The minimum absolute atomic E-state index is 0. The van der Waals surface area contributed by atoms with Gasteiger partial charge in [0.25, 0.3) is 0 Å². The monoisotopic (exact) mass is 375 g/mol. The van der Waals surface area contributed by atoms with Crippen molar-refractivity contribution in [2.24, 2.45) is 5.92 Å². The van der Waals surface area contributed by atoms with E-state index in [0.717, 1.165) is 25.7 Å². The summed E-state index contributed by atoms with van der Waals surface area (Å²) in [5, 5.41) is 19.2. The summed E-state index contributed by atoms with van der Waals surface area (Å²) in [6.45, 7) is 6.98. The van der Waals surface area contributed by atoms with Crippen LogP contribution in [0.25, 0.3) is 0 Å². The fourth-order valence-corrected chi connectivity index (χ4v) is 4.39. The molecule has 0 heterocycles. The molecule has 0 bridgehead atoms. The first-order chi connectivity index (χ1) is 11.4. The number of phenolic OH excluding ortho intramolecular Hbond substituents is 2. The van der Waals surface area contributed by atoms with Crippen LogP contribution in [0.5, 0.6) is 11.5 Å². The van der Waals surface area contributed by atoms with E-state index in [0.29, 0.717) is 17.4 Å². The van der Waals surface area contributed by atoms with Gasteiger partial charge in [0.1, 0.15) is 11.5 Å². The van der Waals surface area contributed by atoms with Crippen LogP contribution in [0.2, 0.25) is 0 Å². The van der Waals surface area contributed by atoms with E-state index >= 15 is 0 Å². The Hall–Kier alpha value is -1.38. The van der Waals surface area contributed by atoms with Crippen molar-refractivity contribution < 1.29 is 28.8 Å². The van der Waals surface area contributed by atoms with Crippen LogP contribution in [0, 0.1) is 5.92 Å². The van der Waals surface area contributed by atoms with Crippen LogP contribution < -0.4 is 0 Å². The molecule has 1 aliphatic rings. The van der Waals surface area contributed by atoms with E-state index in [1.165, 1.54) is 11.1 Å². The molecule has 0 aliphatic heterocycles. The van der Waals surface area contributed by atoms with Gasteiger partial charge in [0.2, 0.25) is 0 Å². The fraction of sp³-hybridized carbons (Fsp3) is 0.455. The van der Waals surface area contributed by atoms with Crippen LogP contribution in [0.15, 0.2) is 48.5 Å². The summed E-state index contributed by atoms with van der Waals surface area (Å²) in [5.74, 6) is 1.23. The molecule has 0 spiro atoms. The molecule has 3 heteroatoms. The van der Waals surface area contributed by atoms with Gasteiger partial charge in [-0.1, -0.05) is 45.0 Å². The van der Waals surface area contributed by atoms with Crippen molar-refractivity contribution in [3.8, 4) is 11.5 Å². The standard InChI is InChI=1S/C22H28O2.V/c1-16(2)22(18-6-10-20(24)11-7-18)14-12-21(3,13-15-22)17-4-8-19(23)9-5-17;/h4-11,16,23-24H,12-15H2,1-3H3;. The zero-order valence-corrected chi connectivity index (χ0v) is 16.8. The molecule has 133 valence electrons. The second kappa shape index (κ2) is 7.47. The Morgan fingerprint density at radius 3 is 1.52 bits per heavy atom. The Morgan fingerprint density at radius 2 is 1.12 bits per heavy atom. The van der Waals surface area contributed by atoms with Crippen LogP contribution in [0.3, 0.4) is 0 Å². The van der Waals surface area contributed by atoms with Gasteiger partial charge in [-0.05, 0) is 77.8 Å². The number of hydrogen-bond acceptors (Lipinski definition) is 2. The quantitative estimate of drug-likeness (QED) is 0.741. The predicted molar refractivity (Wildman–Crippen MR) is 98.5 cm³/mol. The van der Waals surface area contributed by atoms with E-state index in [1.54, 1.807) is 12.1 Å².